The van der Waals surface area contributed by atoms with Gasteiger partial charge in [-0.3, -0.25) is 0 Å². The van der Waals surface area contributed by atoms with E-state index >= 15 is 0 Å². The SMILES string of the molecule is Cc1cccc(Cn2c(C)nc3c(C#N)cc(N4CCOCC4)cc32)c1Cl. The van der Waals surface area contributed by atoms with Crippen LogP contribution >= 0.6 is 11.6 Å². The first-order valence-corrected chi connectivity index (χ1v) is 9.44. The summed E-state index contributed by atoms with van der Waals surface area (Å²) >= 11 is 6.52. The van der Waals surface area contributed by atoms with Crippen molar-refractivity contribution < 1.29 is 4.74 Å². The number of nitriles is 1. The standard InChI is InChI=1S/C21H21ClN4O/c1-14-4-3-5-16(20(14)22)13-26-15(2)24-21-17(12-23)10-18(11-19(21)26)25-6-8-27-9-7-25/h3-5,10-11H,6-9,13H2,1-2H3. The Morgan fingerprint density at radius 2 is 2.00 bits per heavy atom. The van der Waals surface area contributed by atoms with Crippen LogP contribution in [0.2, 0.25) is 5.02 Å². The van der Waals surface area contributed by atoms with Crippen LogP contribution in [-0.4, -0.2) is 35.9 Å². The van der Waals surface area contributed by atoms with E-state index in [1.807, 2.05) is 38.1 Å². The van der Waals surface area contributed by atoms with E-state index in [0.29, 0.717) is 25.3 Å². The molecule has 0 radical (unpaired) electrons. The number of fused-ring (bicyclic) bond motifs is 1. The summed E-state index contributed by atoms with van der Waals surface area (Å²) in [5.74, 6) is 0.873. The van der Waals surface area contributed by atoms with Crippen molar-refractivity contribution in [2.75, 3.05) is 31.2 Å². The maximum absolute atomic E-state index is 9.67. The van der Waals surface area contributed by atoms with Gasteiger partial charge in [0.2, 0.25) is 0 Å². The molecular weight excluding hydrogens is 360 g/mol. The average Bonchev–Trinajstić information content (AvgIpc) is 3.00. The quantitative estimate of drug-likeness (QED) is 0.687. The molecule has 1 aliphatic rings. The van der Waals surface area contributed by atoms with E-state index in [1.165, 1.54) is 0 Å². The smallest absolute Gasteiger partial charge is 0.107 e. The molecule has 3 aromatic rings. The fourth-order valence-corrected chi connectivity index (χ4v) is 3.80. The number of rotatable bonds is 3. The lowest BCUT2D eigenvalue weighted by atomic mass is 10.1. The van der Waals surface area contributed by atoms with Crippen molar-refractivity contribution in [3.63, 3.8) is 0 Å². The topological polar surface area (TPSA) is 54.1 Å². The Morgan fingerprint density at radius 1 is 1.22 bits per heavy atom. The molecule has 1 aliphatic heterocycles. The molecule has 0 saturated carbocycles. The predicted molar refractivity (Wildman–Crippen MR) is 108 cm³/mol. The van der Waals surface area contributed by atoms with Crippen LogP contribution in [0.5, 0.6) is 0 Å². The lowest BCUT2D eigenvalue weighted by molar-refractivity contribution is 0.122. The van der Waals surface area contributed by atoms with Crippen molar-refractivity contribution >= 4 is 28.3 Å². The zero-order chi connectivity index (χ0) is 19.0. The van der Waals surface area contributed by atoms with Gasteiger partial charge in [-0.05, 0) is 37.1 Å². The molecule has 2 aromatic carbocycles. The van der Waals surface area contributed by atoms with Crippen molar-refractivity contribution in [2.45, 2.75) is 20.4 Å². The van der Waals surface area contributed by atoms with Crippen molar-refractivity contribution in [3.8, 4) is 6.07 Å². The first-order valence-electron chi connectivity index (χ1n) is 9.06. The molecule has 0 spiro atoms. The Hall–Kier alpha value is -2.55. The summed E-state index contributed by atoms with van der Waals surface area (Å²) in [5.41, 5.74) is 5.46. The molecule has 6 heteroatoms. The van der Waals surface area contributed by atoms with Crippen LogP contribution in [0.4, 0.5) is 5.69 Å². The van der Waals surface area contributed by atoms with Crippen molar-refractivity contribution in [1.29, 1.82) is 5.26 Å². The van der Waals surface area contributed by atoms with Gasteiger partial charge in [-0.25, -0.2) is 4.98 Å². The molecule has 5 nitrogen and oxygen atoms in total. The summed E-state index contributed by atoms with van der Waals surface area (Å²) in [5, 5.41) is 10.4. The molecule has 27 heavy (non-hydrogen) atoms. The van der Waals surface area contributed by atoms with Gasteiger partial charge in [0, 0.05) is 23.8 Å². The Kier molecular flexibility index (Phi) is 4.77. The minimum absolute atomic E-state index is 0.603. The number of nitrogens with zero attached hydrogens (tertiary/aromatic N) is 4. The third-order valence-corrected chi connectivity index (χ3v) is 5.67. The fraction of sp³-hybridized carbons (Fsp3) is 0.333. The molecular formula is C21H21ClN4O. The summed E-state index contributed by atoms with van der Waals surface area (Å²) in [6, 6.07) is 12.4. The monoisotopic (exact) mass is 380 g/mol. The summed E-state index contributed by atoms with van der Waals surface area (Å²) in [4.78, 5) is 6.93. The van der Waals surface area contributed by atoms with Gasteiger partial charge in [-0.2, -0.15) is 5.26 Å². The highest BCUT2D eigenvalue weighted by molar-refractivity contribution is 6.32. The number of ether oxygens (including phenoxy) is 1. The van der Waals surface area contributed by atoms with Crippen LogP contribution in [0, 0.1) is 25.2 Å². The minimum atomic E-state index is 0.603. The zero-order valence-corrected chi connectivity index (χ0v) is 16.3. The van der Waals surface area contributed by atoms with Gasteiger partial charge >= 0.3 is 0 Å². The fourth-order valence-electron chi connectivity index (χ4n) is 3.61. The summed E-state index contributed by atoms with van der Waals surface area (Å²) in [6.45, 7) is 7.67. The van der Waals surface area contributed by atoms with E-state index in [4.69, 9.17) is 16.3 Å². The van der Waals surface area contributed by atoms with Crippen LogP contribution in [-0.2, 0) is 11.3 Å². The predicted octanol–water partition coefficient (Wildman–Crippen LogP) is 4.06. The molecule has 0 N–H and O–H groups in total. The zero-order valence-electron chi connectivity index (χ0n) is 15.5. The molecule has 2 heterocycles. The number of morpholine rings is 1. The molecule has 1 fully saturated rings. The first-order chi connectivity index (χ1) is 13.1. The Balaban J connectivity index is 1.84. The van der Waals surface area contributed by atoms with Crippen LogP contribution in [0.15, 0.2) is 30.3 Å². The lowest BCUT2D eigenvalue weighted by Gasteiger charge is -2.29. The molecule has 4 rings (SSSR count). The van der Waals surface area contributed by atoms with E-state index in [1.54, 1.807) is 0 Å². The number of hydrogen-bond acceptors (Lipinski definition) is 4. The van der Waals surface area contributed by atoms with Gasteiger partial charge in [0.15, 0.2) is 0 Å². The first kappa shape index (κ1) is 17.8. The van der Waals surface area contributed by atoms with Crippen LogP contribution in [0.1, 0.15) is 22.5 Å². The van der Waals surface area contributed by atoms with E-state index < -0.39 is 0 Å². The van der Waals surface area contributed by atoms with Crippen molar-refractivity contribution in [3.05, 3.63) is 57.9 Å². The van der Waals surface area contributed by atoms with Gasteiger partial charge in [-0.1, -0.05) is 29.8 Å². The Bertz CT molecular complexity index is 1040. The van der Waals surface area contributed by atoms with Crippen LogP contribution < -0.4 is 4.90 Å². The number of anilines is 1. The highest BCUT2D eigenvalue weighted by Crippen LogP contribution is 2.29. The molecule has 138 valence electrons. The molecule has 0 bridgehead atoms. The van der Waals surface area contributed by atoms with E-state index in [2.05, 4.69) is 26.6 Å². The maximum atomic E-state index is 9.67. The third kappa shape index (κ3) is 3.27. The number of imidazole rings is 1. The normalized spacial score (nSPS) is 14.5. The molecule has 0 aliphatic carbocycles. The maximum Gasteiger partial charge on any atom is 0.107 e. The summed E-state index contributed by atoms with van der Waals surface area (Å²) < 4.78 is 7.60. The van der Waals surface area contributed by atoms with Crippen molar-refractivity contribution in [2.24, 2.45) is 0 Å². The molecule has 0 atom stereocenters. The number of benzene rings is 2. The summed E-state index contributed by atoms with van der Waals surface area (Å²) in [7, 11) is 0. The molecule has 1 saturated heterocycles. The number of aryl methyl sites for hydroxylation is 2. The highest BCUT2D eigenvalue weighted by atomic mass is 35.5. The van der Waals surface area contributed by atoms with Gasteiger partial charge in [0.25, 0.3) is 0 Å². The number of aromatic nitrogens is 2. The van der Waals surface area contributed by atoms with Crippen LogP contribution in [0.25, 0.3) is 11.0 Å². The van der Waals surface area contributed by atoms with Crippen LogP contribution in [0.3, 0.4) is 0 Å². The Morgan fingerprint density at radius 3 is 2.74 bits per heavy atom. The third-order valence-electron chi connectivity index (χ3n) is 5.13. The van der Waals surface area contributed by atoms with E-state index in [0.717, 1.165) is 51.8 Å². The van der Waals surface area contributed by atoms with Crippen molar-refractivity contribution in [1.82, 2.24) is 9.55 Å². The van der Waals surface area contributed by atoms with Gasteiger partial charge in [0.05, 0.1) is 30.8 Å². The molecule has 0 unspecified atom stereocenters. The van der Waals surface area contributed by atoms with Gasteiger partial charge in [-0.15, -0.1) is 0 Å². The second-order valence-electron chi connectivity index (χ2n) is 6.87. The van der Waals surface area contributed by atoms with E-state index in [9.17, 15) is 5.26 Å². The van der Waals surface area contributed by atoms with Gasteiger partial charge in [0.1, 0.15) is 17.4 Å². The largest absolute Gasteiger partial charge is 0.378 e. The second-order valence-corrected chi connectivity index (χ2v) is 7.24. The molecule has 0 amide bonds. The highest BCUT2D eigenvalue weighted by Gasteiger charge is 2.18. The van der Waals surface area contributed by atoms with Gasteiger partial charge < -0.3 is 14.2 Å². The number of halogens is 1. The second kappa shape index (κ2) is 7.22. The average molecular weight is 381 g/mol. The lowest BCUT2D eigenvalue weighted by Crippen LogP contribution is -2.36. The number of hydrogen-bond donors (Lipinski definition) is 0. The Labute approximate surface area is 163 Å². The summed E-state index contributed by atoms with van der Waals surface area (Å²) in [6.07, 6.45) is 0. The molecule has 1 aromatic heterocycles. The minimum Gasteiger partial charge on any atom is -0.378 e. The van der Waals surface area contributed by atoms with E-state index in [-0.39, 0.29) is 0 Å².